The van der Waals surface area contributed by atoms with Crippen molar-refractivity contribution in [3.05, 3.63) is 28.8 Å². The molecule has 2 N–H and O–H groups in total. The zero-order chi connectivity index (χ0) is 11.8. The number of carboxylic acid groups (broad SMARTS) is 1. The molecule has 0 saturated heterocycles. The second-order valence-corrected chi connectivity index (χ2v) is 4.80. The number of hydrogen-bond acceptors (Lipinski definition) is 2. The molecule has 1 aromatic rings. The molecule has 0 radical (unpaired) electrons. The van der Waals surface area contributed by atoms with Crippen LogP contribution in [0.15, 0.2) is 18.2 Å². The van der Waals surface area contributed by atoms with Crippen LogP contribution in [0.3, 0.4) is 0 Å². The Morgan fingerprint density at radius 3 is 2.56 bits per heavy atom. The molecule has 1 aliphatic carbocycles. The third-order valence-corrected chi connectivity index (χ3v) is 3.57. The highest BCUT2D eigenvalue weighted by molar-refractivity contribution is 6.30. The first-order valence-electron chi connectivity index (χ1n) is 5.24. The first-order chi connectivity index (χ1) is 7.53. The van der Waals surface area contributed by atoms with Crippen molar-refractivity contribution < 1.29 is 15.0 Å². The summed E-state index contributed by atoms with van der Waals surface area (Å²) in [4.78, 5) is 10.9. The van der Waals surface area contributed by atoms with Gasteiger partial charge in [-0.05, 0) is 25.0 Å². The number of benzene rings is 1. The Balaban J connectivity index is 2.36. The van der Waals surface area contributed by atoms with E-state index in [1.54, 1.807) is 12.1 Å². The molecule has 0 atom stereocenters. The maximum atomic E-state index is 10.9. The van der Waals surface area contributed by atoms with E-state index >= 15 is 0 Å². The van der Waals surface area contributed by atoms with Crippen LogP contribution in [0.5, 0.6) is 5.75 Å². The highest BCUT2D eigenvalue weighted by Gasteiger charge is 2.42. The van der Waals surface area contributed by atoms with E-state index in [1.165, 1.54) is 6.07 Å². The van der Waals surface area contributed by atoms with Crippen molar-refractivity contribution in [3.8, 4) is 5.75 Å². The number of carboxylic acids is 1. The molecule has 1 aliphatic rings. The lowest BCUT2D eigenvalue weighted by atomic mass is 9.62. The van der Waals surface area contributed by atoms with Gasteiger partial charge in [0.15, 0.2) is 0 Å². The van der Waals surface area contributed by atoms with Crippen LogP contribution in [0, 0.1) is 0 Å². The molecule has 86 valence electrons. The largest absolute Gasteiger partial charge is 0.508 e. The maximum absolute atomic E-state index is 10.9. The molecule has 4 heteroatoms. The van der Waals surface area contributed by atoms with Gasteiger partial charge in [0.05, 0.1) is 6.42 Å². The smallest absolute Gasteiger partial charge is 0.304 e. The third kappa shape index (κ3) is 1.87. The Hall–Kier alpha value is -1.22. The number of phenols is 1. The van der Waals surface area contributed by atoms with Crippen molar-refractivity contribution in [1.82, 2.24) is 0 Å². The van der Waals surface area contributed by atoms with Crippen LogP contribution in [0.1, 0.15) is 31.2 Å². The molecule has 0 bridgehead atoms. The molecule has 16 heavy (non-hydrogen) atoms. The predicted octanol–water partition coefficient (Wildman–Crippen LogP) is 2.94. The van der Waals surface area contributed by atoms with Gasteiger partial charge in [0.1, 0.15) is 5.75 Å². The van der Waals surface area contributed by atoms with Crippen molar-refractivity contribution in [2.24, 2.45) is 0 Å². The van der Waals surface area contributed by atoms with Gasteiger partial charge >= 0.3 is 5.97 Å². The predicted molar refractivity (Wildman–Crippen MR) is 60.9 cm³/mol. The van der Waals surface area contributed by atoms with Gasteiger partial charge < -0.3 is 10.2 Å². The standard InChI is InChI=1S/C12H13ClO3/c13-8-2-3-9(10(14)6-8)12(4-1-5-12)7-11(15)16/h2-3,6,14H,1,4-5,7H2,(H,15,16). The quantitative estimate of drug-likeness (QED) is 0.854. The van der Waals surface area contributed by atoms with Crippen molar-refractivity contribution in [2.45, 2.75) is 31.1 Å². The fraction of sp³-hybridized carbons (Fsp3) is 0.417. The van der Waals surface area contributed by atoms with E-state index in [2.05, 4.69) is 0 Å². The third-order valence-electron chi connectivity index (χ3n) is 3.33. The van der Waals surface area contributed by atoms with E-state index in [1.807, 2.05) is 0 Å². The fourth-order valence-electron chi connectivity index (χ4n) is 2.39. The first kappa shape index (κ1) is 11.3. The summed E-state index contributed by atoms with van der Waals surface area (Å²) in [6, 6.07) is 4.90. The van der Waals surface area contributed by atoms with Crippen LogP contribution in [-0.2, 0) is 10.2 Å². The second-order valence-electron chi connectivity index (χ2n) is 4.37. The lowest BCUT2D eigenvalue weighted by Gasteiger charge is -2.41. The maximum Gasteiger partial charge on any atom is 0.304 e. The summed E-state index contributed by atoms with van der Waals surface area (Å²) in [6.45, 7) is 0. The van der Waals surface area contributed by atoms with Crippen LogP contribution in [-0.4, -0.2) is 16.2 Å². The van der Waals surface area contributed by atoms with Crippen molar-refractivity contribution in [3.63, 3.8) is 0 Å². The lowest BCUT2D eigenvalue weighted by Crippen LogP contribution is -2.36. The molecule has 3 nitrogen and oxygen atoms in total. The Morgan fingerprint density at radius 2 is 2.12 bits per heavy atom. The van der Waals surface area contributed by atoms with E-state index in [4.69, 9.17) is 16.7 Å². The molecule has 0 aliphatic heterocycles. The van der Waals surface area contributed by atoms with Gasteiger partial charge in [-0.2, -0.15) is 0 Å². The summed E-state index contributed by atoms with van der Waals surface area (Å²) < 4.78 is 0. The zero-order valence-electron chi connectivity index (χ0n) is 8.74. The van der Waals surface area contributed by atoms with Crippen LogP contribution < -0.4 is 0 Å². The van der Waals surface area contributed by atoms with Gasteiger partial charge in [-0.15, -0.1) is 0 Å². The van der Waals surface area contributed by atoms with E-state index in [0.29, 0.717) is 10.6 Å². The van der Waals surface area contributed by atoms with Crippen LogP contribution in [0.4, 0.5) is 0 Å². The number of phenolic OH excluding ortho intramolecular Hbond substituents is 1. The number of carbonyl (C=O) groups is 1. The van der Waals surface area contributed by atoms with Gasteiger partial charge in [0.2, 0.25) is 0 Å². The monoisotopic (exact) mass is 240 g/mol. The Kier molecular flexibility index (Phi) is 2.80. The second kappa shape index (κ2) is 3.98. The van der Waals surface area contributed by atoms with Gasteiger partial charge in [-0.1, -0.05) is 24.1 Å². The number of aliphatic carboxylic acids is 1. The van der Waals surface area contributed by atoms with Gasteiger partial charge in [0.25, 0.3) is 0 Å². The molecule has 2 rings (SSSR count). The van der Waals surface area contributed by atoms with Crippen molar-refractivity contribution in [1.29, 1.82) is 0 Å². The summed E-state index contributed by atoms with van der Waals surface area (Å²) in [5.41, 5.74) is 0.325. The highest BCUT2D eigenvalue weighted by atomic mass is 35.5. The molecule has 0 amide bonds. The Morgan fingerprint density at radius 1 is 1.44 bits per heavy atom. The molecule has 1 fully saturated rings. The highest BCUT2D eigenvalue weighted by Crippen LogP contribution is 2.49. The molecular weight excluding hydrogens is 228 g/mol. The minimum absolute atomic E-state index is 0.0716. The van der Waals surface area contributed by atoms with E-state index < -0.39 is 5.97 Å². The zero-order valence-corrected chi connectivity index (χ0v) is 9.50. The van der Waals surface area contributed by atoms with Gasteiger partial charge in [0, 0.05) is 16.0 Å². The van der Waals surface area contributed by atoms with Crippen LogP contribution in [0.2, 0.25) is 5.02 Å². The minimum atomic E-state index is -0.825. The topological polar surface area (TPSA) is 57.5 Å². The summed E-state index contributed by atoms with van der Waals surface area (Å²) >= 11 is 5.76. The summed E-state index contributed by atoms with van der Waals surface area (Å²) in [6.07, 6.45) is 2.71. The fourth-order valence-corrected chi connectivity index (χ4v) is 2.55. The minimum Gasteiger partial charge on any atom is -0.508 e. The van der Waals surface area contributed by atoms with Crippen LogP contribution >= 0.6 is 11.6 Å². The number of aromatic hydroxyl groups is 1. The first-order valence-corrected chi connectivity index (χ1v) is 5.62. The van der Waals surface area contributed by atoms with Gasteiger partial charge in [-0.25, -0.2) is 0 Å². The van der Waals surface area contributed by atoms with Crippen LogP contribution in [0.25, 0.3) is 0 Å². The van der Waals surface area contributed by atoms with Crippen molar-refractivity contribution in [2.75, 3.05) is 0 Å². The SMILES string of the molecule is O=C(O)CC1(c2ccc(Cl)cc2O)CCC1. The van der Waals surface area contributed by atoms with E-state index in [-0.39, 0.29) is 17.6 Å². The Labute approximate surface area is 98.7 Å². The normalized spacial score (nSPS) is 17.8. The molecule has 1 saturated carbocycles. The number of rotatable bonds is 3. The average molecular weight is 241 g/mol. The number of hydrogen-bond donors (Lipinski definition) is 2. The van der Waals surface area contributed by atoms with Crippen molar-refractivity contribution >= 4 is 17.6 Å². The molecule has 0 unspecified atom stereocenters. The summed E-state index contributed by atoms with van der Waals surface area (Å²) in [5.74, 6) is -0.720. The lowest BCUT2D eigenvalue weighted by molar-refractivity contribution is -0.139. The molecule has 0 spiro atoms. The average Bonchev–Trinajstić information content (AvgIpc) is 2.12. The van der Waals surface area contributed by atoms with E-state index in [9.17, 15) is 9.90 Å². The molecular formula is C12H13ClO3. The Bertz CT molecular complexity index is 424. The number of halogens is 1. The molecule has 0 heterocycles. The molecule has 1 aromatic carbocycles. The van der Waals surface area contributed by atoms with E-state index in [0.717, 1.165) is 19.3 Å². The summed E-state index contributed by atoms with van der Waals surface area (Å²) in [7, 11) is 0. The summed E-state index contributed by atoms with van der Waals surface area (Å²) in [5, 5.41) is 19.2. The molecule has 0 aromatic heterocycles. The van der Waals surface area contributed by atoms with Gasteiger partial charge in [-0.3, -0.25) is 4.79 Å².